The number of carbonyl (C=O) groups excluding carboxylic acids is 1. The van der Waals surface area contributed by atoms with Gasteiger partial charge in [-0.3, -0.25) is 4.79 Å². The van der Waals surface area contributed by atoms with Gasteiger partial charge in [-0.1, -0.05) is 55.5 Å². The zero-order valence-corrected chi connectivity index (χ0v) is 35.0. The molecule has 0 radical (unpaired) electrons. The van der Waals surface area contributed by atoms with E-state index in [0.717, 1.165) is 102 Å². The number of hydrogen-bond donors (Lipinski definition) is 2. The molecular weight excluding hydrogens is 753 g/mol. The smallest absolute Gasteiger partial charge is 0.315 e. The molecule has 4 heterocycles. The van der Waals surface area contributed by atoms with Gasteiger partial charge in [0, 0.05) is 36.0 Å². The summed E-state index contributed by atoms with van der Waals surface area (Å²) in [6.45, 7) is 6.43. The number of aromatic amines is 2. The third-order valence-electron chi connectivity index (χ3n) is 10.5. The molecular formula is C45H54N6O4S2. The quantitative estimate of drug-likeness (QED) is 0.0868. The van der Waals surface area contributed by atoms with Crippen molar-refractivity contribution < 1.29 is 19.0 Å². The van der Waals surface area contributed by atoms with E-state index >= 15 is 0 Å². The summed E-state index contributed by atoms with van der Waals surface area (Å²) >= 11 is 3.32. The Morgan fingerprint density at radius 2 is 1.14 bits per heavy atom. The summed E-state index contributed by atoms with van der Waals surface area (Å²) in [7, 11) is 5.74. The minimum Gasteiger partial charge on any atom is -0.468 e. The lowest BCUT2D eigenvalue weighted by Crippen LogP contribution is -2.35. The molecule has 12 heteroatoms. The van der Waals surface area contributed by atoms with E-state index in [0.29, 0.717) is 0 Å². The molecule has 6 aromatic rings. The van der Waals surface area contributed by atoms with Crippen molar-refractivity contribution in [1.82, 2.24) is 29.7 Å². The minimum absolute atomic E-state index is 0.164. The van der Waals surface area contributed by atoms with Crippen LogP contribution in [0.15, 0.2) is 107 Å². The molecule has 0 spiro atoms. The van der Waals surface area contributed by atoms with Gasteiger partial charge in [-0.15, -0.1) is 23.5 Å². The molecule has 2 unspecified atom stereocenters. The number of H-pyrrole nitrogens is 2. The number of aromatic nitrogens is 4. The Morgan fingerprint density at radius 1 is 0.684 bits per heavy atom. The second-order valence-electron chi connectivity index (χ2n) is 14.8. The lowest BCUT2D eigenvalue weighted by molar-refractivity contribution is -0.137. The first-order valence-electron chi connectivity index (χ1n) is 19.9. The van der Waals surface area contributed by atoms with Crippen LogP contribution in [0.1, 0.15) is 67.6 Å². The molecule has 57 heavy (non-hydrogen) atoms. The van der Waals surface area contributed by atoms with Crippen LogP contribution in [-0.4, -0.2) is 107 Å². The molecule has 2 atom stereocenters. The van der Waals surface area contributed by atoms with Crippen molar-refractivity contribution in [1.29, 1.82) is 0 Å². The Morgan fingerprint density at radius 3 is 1.58 bits per heavy atom. The molecule has 8 rings (SSSR count). The van der Waals surface area contributed by atoms with Crippen molar-refractivity contribution in [2.75, 3.05) is 58.9 Å². The molecule has 0 aliphatic carbocycles. The molecule has 0 bridgehead atoms. The number of carbonyl (C=O) groups is 1. The first-order chi connectivity index (χ1) is 27.8. The normalized spacial score (nSPS) is 17.0. The molecule has 2 aliphatic heterocycles. The van der Waals surface area contributed by atoms with Crippen LogP contribution >= 0.6 is 23.5 Å². The number of likely N-dealkylation sites (tertiary alicyclic amines) is 2. The van der Waals surface area contributed by atoms with Crippen LogP contribution in [0.2, 0.25) is 0 Å². The average molecular weight is 807 g/mol. The van der Waals surface area contributed by atoms with Gasteiger partial charge in [-0.2, -0.15) is 0 Å². The minimum atomic E-state index is -0.288. The predicted octanol–water partition coefficient (Wildman–Crippen LogP) is 8.90. The first-order valence-corrected chi connectivity index (χ1v) is 21.9. The number of piperidine rings is 2. The van der Waals surface area contributed by atoms with E-state index in [1.54, 1.807) is 0 Å². The molecule has 0 amide bonds. The maximum Gasteiger partial charge on any atom is 0.315 e. The summed E-state index contributed by atoms with van der Waals surface area (Å²) in [5.74, 6) is 2.82. The third-order valence-corrected chi connectivity index (χ3v) is 12.4. The van der Waals surface area contributed by atoms with Gasteiger partial charge in [0.2, 0.25) is 0 Å². The highest BCUT2D eigenvalue weighted by molar-refractivity contribution is 8.00. The number of rotatable bonds is 13. The highest BCUT2D eigenvalue weighted by atomic mass is 32.2. The number of thioether (sulfide) groups is 2. The summed E-state index contributed by atoms with van der Waals surface area (Å²) in [6, 6.07) is 33.1. The van der Waals surface area contributed by atoms with Gasteiger partial charge in [0.25, 0.3) is 0 Å². The maximum atomic E-state index is 11.5. The number of benzene rings is 4. The van der Waals surface area contributed by atoms with Gasteiger partial charge in [-0.05, 0) is 105 Å². The van der Waals surface area contributed by atoms with Gasteiger partial charge in [0.15, 0.2) is 0 Å². The summed E-state index contributed by atoms with van der Waals surface area (Å²) in [5.41, 5.74) is 6.18. The molecule has 2 N–H and O–H groups in total. The van der Waals surface area contributed by atoms with E-state index in [4.69, 9.17) is 24.2 Å². The number of para-hydroxylation sites is 4. The van der Waals surface area contributed by atoms with E-state index in [1.165, 1.54) is 29.3 Å². The highest BCUT2D eigenvalue weighted by Gasteiger charge is 2.28. The van der Waals surface area contributed by atoms with Crippen LogP contribution in [-0.2, 0) is 19.0 Å². The third kappa shape index (κ3) is 11.1. The van der Waals surface area contributed by atoms with E-state index < -0.39 is 0 Å². The molecule has 2 aliphatic rings. The van der Waals surface area contributed by atoms with Gasteiger partial charge in [0.05, 0.1) is 47.1 Å². The highest BCUT2D eigenvalue weighted by Crippen LogP contribution is 2.34. The van der Waals surface area contributed by atoms with Crippen molar-refractivity contribution in [3.05, 3.63) is 120 Å². The zero-order chi connectivity index (χ0) is 39.6. The molecule has 2 saturated heterocycles. The summed E-state index contributed by atoms with van der Waals surface area (Å²) in [5, 5.41) is 0. The first kappa shape index (κ1) is 41.0. The largest absolute Gasteiger partial charge is 0.468 e. The van der Waals surface area contributed by atoms with Crippen LogP contribution in [0.3, 0.4) is 0 Å². The fourth-order valence-electron chi connectivity index (χ4n) is 7.32. The van der Waals surface area contributed by atoms with Crippen LogP contribution in [0.4, 0.5) is 0 Å². The number of methoxy groups -OCH3 is 1. The molecule has 4 aromatic carbocycles. The van der Waals surface area contributed by atoms with Gasteiger partial charge >= 0.3 is 5.97 Å². The number of ether oxygens (including phenoxy) is 3. The Bertz CT molecular complexity index is 2130. The van der Waals surface area contributed by atoms with Crippen molar-refractivity contribution in [2.45, 2.75) is 66.8 Å². The SMILES string of the molecule is CCSc1cccc(C(OC2CCN(C)CC2)c2nc3ccccc3[nH]2)c1.COC(=O)CSc1cccc(C(OC2CCN(C)CC2)c2nc3ccccc3[nH]2)c1. The lowest BCUT2D eigenvalue weighted by Gasteiger charge is -2.31. The second-order valence-corrected chi connectivity index (χ2v) is 17.1. The van der Waals surface area contributed by atoms with Crippen molar-refractivity contribution in [3.63, 3.8) is 0 Å². The predicted molar refractivity (Wildman–Crippen MR) is 231 cm³/mol. The van der Waals surface area contributed by atoms with E-state index in [1.807, 2.05) is 66.4 Å². The van der Waals surface area contributed by atoms with Gasteiger partial charge in [-0.25, -0.2) is 9.97 Å². The van der Waals surface area contributed by atoms with E-state index in [-0.39, 0.29) is 36.1 Å². The molecule has 2 fully saturated rings. The average Bonchev–Trinajstić information content (AvgIpc) is 3.88. The van der Waals surface area contributed by atoms with Crippen LogP contribution < -0.4 is 0 Å². The topological polar surface area (TPSA) is 109 Å². The zero-order valence-electron chi connectivity index (χ0n) is 33.4. The van der Waals surface area contributed by atoms with E-state index in [9.17, 15) is 4.79 Å². The molecule has 10 nitrogen and oxygen atoms in total. The van der Waals surface area contributed by atoms with Crippen molar-refractivity contribution in [2.24, 2.45) is 0 Å². The monoisotopic (exact) mass is 806 g/mol. The summed E-state index contributed by atoms with van der Waals surface area (Å²) in [6.07, 6.45) is 4.14. The standard InChI is InChI=1S/C23H27N3O3S.C22H27N3OS/c1-26-12-10-17(11-13-26)29-22(23-24-19-8-3-4-9-20(19)25-23)16-6-5-7-18(14-16)30-15-21(27)28-2;1-3-27-18-8-6-7-16(15-18)21(26-17-11-13-25(2)14-12-17)22-23-19-9-4-5-10-20(19)24-22/h3-9,14,17,22H,10-13,15H2,1-2H3,(H,24,25);4-10,15,17,21H,3,11-14H2,1-2H3,(H,23,24). The lowest BCUT2D eigenvalue weighted by atomic mass is 10.1. The fraction of sp³-hybridized carbons (Fsp3) is 0.400. The van der Waals surface area contributed by atoms with Crippen LogP contribution in [0.5, 0.6) is 0 Å². The van der Waals surface area contributed by atoms with Crippen molar-refractivity contribution in [3.8, 4) is 0 Å². The maximum absolute atomic E-state index is 11.5. The van der Waals surface area contributed by atoms with Crippen molar-refractivity contribution >= 4 is 51.6 Å². The Kier molecular flexibility index (Phi) is 14.4. The second kappa shape index (κ2) is 20.0. The summed E-state index contributed by atoms with van der Waals surface area (Å²) in [4.78, 5) is 35.1. The van der Waals surface area contributed by atoms with Gasteiger partial charge < -0.3 is 34.0 Å². The molecule has 300 valence electrons. The number of nitrogens with one attached hydrogen (secondary N) is 2. The van der Waals surface area contributed by atoms with Gasteiger partial charge in [0.1, 0.15) is 23.9 Å². The number of esters is 1. The number of fused-ring (bicyclic) bond motifs is 2. The van der Waals surface area contributed by atoms with E-state index in [2.05, 4.69) is 83.3 Å². The number of nitrogens with zero attached hydrogens (tertiary/aromatic N) is 4. The number of hydrogen-bond acceptors (Lipinski definition) is 10. The Labute approximate surface area is 344 Å². The molecule has 0 saturated carbocycles. The number of imidazole rings is 2. The molecule has 2 aromatic heterocycles. The van der Waals surface area contributed by atoms with Crippen LogP contribution in [0.25, 0.3) is 22.1 Å². The Balaban J connectivity index is 0.000000175. The fourth-order valence-corrected chi connectivity index (χ4v) is 8.85. The summed E-state index contributed by atoms with van der Waals surface area (Å²) < 4.78 is 18.0. The van der Waals surface area contributed by atoms with Crippen LogP contribution in [0, 0.1) is 0 Å². The Hall–Kier alpha value is -4.17.